The van der Waals surface area contributed by atoms with Crippen LogP contribution in [0.25, 0.3) is 0 Å². The van der Waals surface area contributed by atoms with Crippen LogP contribution in [-0.2, 0) is 0 Å². The predicted octanol–water partition coefficient (Wildman–Crippen LogP) is 3.78. The van der Waals surface area contributed by atoms with Gasteiger partial charge in [-0.3, -0.25) is 0 Å². The van der Waals surface area contributed by atoms with Gasteiger partial charge >= 0.3 is 0 Å². The lowest BCUT2D eigenvalue weighted by atomic mass is 9.88. The van der Waals surface area contributed by atoms with Crippen molar-refractivity contribution in [2.45, 2.75) is 46.0 Å². The molecule has 0 heteroatoms. The molecule has 11 heavy (non-hydrogen) atoms. The molecular formula is C11H20. The molecule has 0 aromatic rings. The number of rotatable bonds is 1. The first kappa shape index (κ1) is 8.83. The van der Waals surface area contributed by atoms with Crippen LogP contribution in [0, 0.1) is 11.8 Å². The van der Waals surface area contributed by atoms with Crippen LogP contribution in [0.1, 0.15) is 46.0 Å². The summed E-state index contributed by atoms with van der Waals surface area (Å²) >= 11 is 0. The van der Waals surface area contributed by atoms with Crippen LogP contribution >= 0.6 is 0 Å². The van der Waals surface area contributed by atoms with Crippen molar-refractivity contribution in [2.75, 3.05) is 0 Å². The Morgan fingerprint density at radius 2 is 2.27 bits per heavy atom. The lowest BCUT2D eigenvalue weighted by molar-refractivity contribution is 0.397. The average molecular weight is 152 g/mol. The second-order valence-electron chi connectivity index (χ2n) is 3.87. The topological polar surface area (TPSA) is 0 Å². The van der Waals surface area contributed by atoms with Crippen molar-refractivity contribution in [3.8, 4) is 0 Å². The zero-order valence-electron chi connectivity index (χ0n) is 7.84. The molecule has 0 amide bonds. The molecule has 0 spiro atoms. The van der Waals surface area contributed by atoms with Crippen LogP contribution in [-0.4, -0.2) is 0 Å². The van der Waals surface area contributed by atoms with Gasteiger partial charge in [-0.2, -0.15) is 0 Å². The molecule has 1 aliphatic carbocycles. The van der Waals surface area contributed by atoms with Gasteiger partial charge in [0, 0.05) is 0 Å². The fourth-order valence-corrected chi connectivity index (χ4v) is 1.89. The quantitative estimate of drug-likeness (QED) is 0.502. The van der Waals surface area contributed by atoms with E-state index >= 15 is 0 Å². The summed E-state index contributed by atoms with van der Waals surface area (Å²) in [4.78, 5) is 0. The van der Waals surface area contributed by atoms with E-state index in [1.807, 2.05) is 0 Å². The fraction of sp³-hybridized carbons (Fsp3) is 0.818. The van der Waals surface area contributed by atoms with Gasteiger partial charge in [0.1, 0.15) is 0 Å². The smallest absolute Gasteiger partial charge is 0.0234 e. The van der Waals surface area contributed by atoms with Crippen molar-refractivity contribution >= 4 is 0 Å². The van der Waals surface area contributed by atoms with Gasteiger partial charge in [-0.25, -0.2) is 0 Å². The summed E-state index contributed by atoms with van der Waals surface area (Å²) in [7, 11) is 0. The molecule has 0 bridgehead atoms. The van der Waals surface area contributed by atoms with E-state index in [1.165, 1.54) is 32.1 Å². The van der Waals surface area contributed by atoms with Crippen molar-refractivity contribution < 1.29 is 0 Å². The van der Waals surface area contributed by atoms with Crippen molar-refractivity contribution in [1.82, 2.24) is 0 Å². The van der Waals surface area contributed by atoms with Crippen molar-refractivity contribution in [1.29, 1.82) is 0 Å². The van der Waals surface area contributed by atoms with Gasteiger partial charge in [-0.1, -0.05) is 32.4 Å². The van der Waals surface area contributed by atoms with Crippen LogP contribution in [0.15, 0.2) is 12.2 Å². The Morgan fingerprint density at radius 3 is 3.00 bits per heavy atom. The summed E-state index contributed by atoms with van der Waals surface area (Å²) in [5.74, 6) is 1.81. The highest BCUT2D eigenvalue weighted by Gasteiger charge is 2.10. The molecule has 1 unspecified atom stereocenters. The second kappa shape index (κ2) is 4.58. The maximum Gasteiger partial charge on any atom is -0.0234 e. The minimum Gasteiger partial charge on any atom is -0.0883 e. The summed E-state index contributed by atoms with van der Waals surface area (Å²) in [5.41, 5.74) is 0. The standard InChI is InChI=1S/C11H20/c1-3-11-8-6-4-5-7-10(2)9-11/h6,8,10-11H,3-5,7,9H2,1-2H3/b8-6-/t10-,11?/m1/s1. The van der Waals surface area contributed by atoms with Gasteiger partial charge in [-0.05, 0) is 37.5 Å². The van der Waals surface area contributed by atoms with Crippen LogP contribution < -0.4 is 0 Å². The Kier molecular flexibility index (Phi) is 3.68. The van der Waals surface area contributed by atoms with E-state index in [1.54, 1.807) is 0 Å². The van der Waals surface area contributed by atoms with E-state index in [0.29, 0.717) is 0 Å². The van der Waals surface area contributed by atoms with Crippen LogP contribution in [0.3, 0.4) is 0 Å². The zero-order valence-corrected chi connectivity index (χ0v) is 7.84. The monoisotopic (exact) mass is 152 g/mol. The third kappa shape index (κ3) is 3.09. The number of hydrogen-bond donors (Lipinski definition) is 0. The summed E-state index contributed by atoms with van der Waals surface area (Å²) < 4.78 is 0. The van der Waals surface area contributed by atoms with Gasteiger partial charge in [-0.15, -0.1) is 0 Å². The first-order valence-electron chi connectivity index (χ1n) is 4.99. The predicted molar refractivity (Wildman–Crippen MR) is 50.6 cm³/mol. The molecule has 0 heterocycles. The number of allylic oxidation sites excluding steroid dienone is 2. The first-order chi connectivity index (χ1) is 5.33. The van der Waals surface area contributed by atoms with Crippen LogP contribution in [0.4, 0.5) is 0 Å². The van der Waals surface area contributed by atoms with Gasteiger partial charge in [0.05, 0.1) is 0 Å². The van der Waals surface area contributed by atoms with Crippen LogP contribution in [0.2, 0.25) is 0 Å². The molecule has 0 saturated heterocycles. The van der Waals surface area contributed by atoms with Crippen molar-refractivity contribution in [3.05, 3.63) is 12.2 Å². The first-order valence-corrected chi connectivity index (χ1v) is 4.99. The Labute approximate surface area is 70.7 Å². The summed E-state index contributed by atoms with van der Waals surface area (Å²) in [6, 6.07) is 0. The normalized spacial score (nSPS) is 35.8. The average Bonchev–Trinajstić information content (AvgIpc) is 1.96. The van der Waals surface area contributed by atoms with E-state index in [9.17, 15) is 0 Å². The largest absolute Gasteiger partial charge is 0.0883 e. The molecule has 2 atom stereocenters. The Morgan fingerprint density at radius 1 is 1.45 bits per heavy atom. The highest BCUT2D eigenvalue weighted by Crippen LogP contribution is 2.23. The summed E-state index contributed by atoms with van der Waals surface area (Å²) in [6.07, 6.45) is 11.7. The highest BCUT2D eigenvalue weighted by molar-refractivity contribution is 4.90. The Balaban J connectivity index is 2.43. The molecule has 1 rings (SSSR count). The fourth-order valence-electron chi connectivity index (χ4n) is 1.89. The van der Waals surface area contributed by atoms with Crippen molar-refractivity contribution in [2.24, 2.45) is 11.8 Å². The Bertz CT molecular complexity index is 124. The minimum absolute atomic E-state index is 0.866. The molecule has 0 radical (unpaired) electrons. The second-order valence-corrected chi connectivity index (χ2v) is 3.87. The third-order valence-corrected chi connectivity index (χ3v) is 2.71. The van der Waals surface area contributed by atoms with Gasteiger partial charge < -0.3 is 0 Å². The maximum atomic E-state index is 2.43. The molecule has 64 valence electrons. The molecular weight excluding hydrogens is 132 g/mol. The number of hydrogen-bond acceptors (Lipinski definition) is 0. The van der Waals surface area contributed by atoms with Gasteiger partial charge in [0.15, 0.2) is 0 Å². The van der Waals surface area contributed by atoms with E-state index < -0.39 is 0 Å². The molecule has 1 aliphatic rings. The van der Waals surface area contributed by atoms with E-state index in [2.05, 4.69) is 26.0 Å². The lowest BCUT2D eigenvalue weighted by Crippen LogP contribution is -2.05. The van der Waals surface area contributed by atoms with Gasteiger partial charge in [0.25, 0.3) is 0 Å². The van der Waals surface area contributed by atoms with Gasteiger partial charge in [0.2, 0.25) is 0 Å². The van der Waals surface area contributed by atoms with Crippen LogP contribution in [0.5, 0.6) is 0 Å². The molecule has 0 N–H and O–H groups in total. The zero-order chi connectivity index (χ0) is 8.10. The Hall–Kier alpha value is -0.260. The maximum absolute atomic E-state index is 2.43. The minimum atomic E-state index is 0.866. The van der Waals surface area contributed by atoms with E-state index in [0.717, 1.165) is 11.8 Å². The SMILES string of the molecule is CCC1/C=C\CCC[C@@H](C)C1. The third-order valence-electron chi connectivity index (χ3n) is 2.71. The van der Waals surface area contributed by atoms with Crippen molar-refractivity contribution in [3.63, 3.8) is 0 Å². The molecule has 0 fully saturated rings. The molecule has 0 saturated carbocycles. The highest BCUT2D eigenvalue weighted by atomic mass is 14.2. The van der Waals surface area contributed by atoms with E-state index in [4.69, 9.17) is 0 Å². The molecule has 0 aromatic heterocycles. The summed E-state index contributed by atoms with van der Waals surface area (Å²) in [5, 5.41) is 0. The molecule has 0 aliphatic heterocycles. The molecule has 0 aromatic carbocycles. The molecule has 0 nitrogen and oxygen atoms in total. The lowest BCUT2D eigenvalue weighted by Gasteiger charge is -2.18. The van der Waals surface area contributed by atoms with E-state index in [-0.39, 0.29) is 0 Å². The summed E-state index contributed by atoms with van der Waals surface area (Å²) in [6.45, 7) is 4.69.